The molecule has 2 rings (SSSR count). The number of nitrogens with zero attached hydrogens (tertiary/aromatic N) is 1. The number of hydrogen-bond acceptors (Lipinski definition) is 3. The third kappa shape index (κ3) is 2.03. The molecule has 1 unspecified atom stereocenters. The van der Waals surface area contributed by atoms with Crippen molar-refractivity contribution in [1.82, 2.24) is 4.90 Å². The molecule has 0 aromatic carbocycles. The zero-order chi connectivity index (χ0) is 9.26. The number of β-amino-alcohol motifs (C(OH)–C–C–N with tert-alkyl or cyclic N) is 1. The van der Waals surface area contributed by atoms with Crippen molar-refractivity contribution in [3.63, 3.8) is 0 Å². The van der Waals surface area contributed by atoms with E-state index in [9.17, 15) is 10.2 Å². The molecule has 1 aliphatic carbocycles. The van der Waals surface area contributed by atoms with Crippen LogP contribution < -0.4 is 0 Å². The molecule has 0 aromatic rings. The molecule has 2 aliphatic rings. The van der Waals surface area contributed by atoms with Gasteiger partial charge in [-0.25, -0.2) is 0 Å². The third-order valence-corrected chi connectivity index (χ3v) is 3.36. The van der Waals surface area contributed by atoms with Gasteiger partial charge >= 0.3 is 0 Å². The zero-order valence-electron chi connectivity index (χ0n) is 8.02. The molecule has 1 saturated heterocycles. The maximum atomic E-state index is 9.79. The maximum Gasteiger partial charge on any atom is 0.0695 e. The summed E-state index contributed by atoms with van der Waals surface area (Å²) < 4.78 is 0. The highest BCUT2D eigenvalue weighted by atomic mass is 16.3. The van der Waals surface area contributed by atoms with E-state index in [0.29, 0.717) is 6.04 Å². The summed E-state index contributed by atoms with van der Waals surface area (Å²) in [6.07, 6.45) is 5.00. The minimum atomic E-state index is -0.158. The van der Waals surface area contributed by atoms with Crippen molar-refractivity contribution in [3.05, 3.63) is 0 Å². The van der Waals surface area contributed by atoms with E-state index < -0.39 is 0 Å². The van der Waals surface area contributed by atoms with Crippen LogP contribution in [-0.4, -0.2) is 46.5 Å². The molecule has 3 heteroatoms. The van der Waals surface area contributed by atoms with Gasteiger partial charge in [0.1, 0.15) is 0 Å². The maximum absolute atomic E-state index is 9.79. The van der Waals surface area contributed by atoms with Gasteiger partial charge in [-0.3, -0.25) is 4.90 Å². The van der Waals surface area contributed by atoms with E-state index in [-0.39, 0.29) is 12.2 Å². The minimum absolute atomic E-state index is 0.154. The molecule has 3 atom stereocenters. The van der Waals surface area contributed by atoms with Crippen LogP contribution in [0.4, 0.5) is 0 Å². The van der Waals surface area contributed by atoms with E-state index in [1.54, 1.807) is 0 Å². The number of rotatable bonds is 1. The van der Waals surface area contributed by atoms with E-state index in [2.05, 4.69) is 4.90 Å². The van der Waals surface area contributed by atoms with Gasteiger partial charge < -0.3 is 10.2 Å². The molecule has 76 valence electrons. The van der Waals surface area contributed by atoms with Crippen LogP contribution in [0.3, 0.4) is 0 Å². The molecular weight excluding hydrogens is 166 g/mol. The summed E-state index contributed by atoms with van der Waals surface area (Å²) in [5.74, 6) is 0. The summed E-state index contributed by atoms with van der Waals surface area (Å²) in [5, 5.41) is 19.2. The Balaban J connectivity index is 1.91. The number of likely N-dealkylation sites (tertiary alicyclic amines) is 1. The van der Waals surface area contributed by atoms with Crippen LogP contribution in [-0.2, 0) is 0 Å². The summed E-state index contributed by atoms with van der Waals surface area (Å²) >= 11 is 0. The summed E-state index contributed by atoms with van der Waals surface area (Å²) in [4.78, 5) is 2.26. The third-order valence-electron chi connectivity index (χ3n) is 3.36. The number of aliphatic hydroxyl groups is 2. The van der Waals surface area contributed by atoms with Crippen molar-refractivity contribution < 1.29 is 10.2 Å². The first-order valence-corrected chi connectivity index (χ1v) is 5.37. The molecule has 3 nitrogen and oxygen atoms in total. The van der Waals surface area contributed by atoms with Crippen LogP contribution in [0.15, 0.2) is 0 Å². The van der Waals surface area contributed by atoms with Crippen LogP contribution in [0.25, 0.3) is 0 Å². The standard InChI is InChI=1S/C10H19NO2/c12-8-5-6-11(7-8)9-3-1-2-4-10(9)13/h8-10,12-13H,1-7H2/t8?,9-,10-/m1/s1. The second-order valence-electron chi connectivity index (χ2n) is 4.36. The average molecular weight is 185 g/mol. The molecule has 0 aromatic heterocycles. The number of hydrogen-bond donors (Lipinski definition) is 2. The molecule has 2 fully saturated rings. The molecule has 1 aliphatic heterocycles. The van der Waals surface area contributed by atoms with E-state index >= 15 is 0 Å². The topological polar surface area (TPSA) is 43.7 Å². The van der Waals surface area contributed by atoms with Crippen LogP contribution in [0.5, 0.6) is 0 Å². The van der Waals surface area contributed by atoms with Crippen LogP contribution in [0.2, 0.25) is 0 Å². The van der Waals surface area contributed by atoms with Crippen molar-refractivity contribution in [2.24, 2.45) is 0 Å². The molecule has 13 heavy (non-hydrogen) atoms. The summed E-state index contributed by atoms with van der Waals surface area (Å²) in [6.45, 7) is 1.73. The normalized spacial score (nSPS) is 42.5. The van der Waals surface area contributed by atoms with Gasteiger partial charge in [-0.1, -0.05) is 12.8 Å². The van der Waals surface area contributed by atoms with Gasteiger partial charge in [-0.2, -0.15) is 0 Å². The Morgan fingerprint density at radius 3 is 2.38 bits per heavy atom. The average Bonchev–Trinajstić information content (AvgIpc) is 2.53. The molecular formula is C10H19NO2. The lowest BCUT2D eigenvalue weighted by molar-refractivity contribution is 0.0253. The highest BCUT2D eigenvalue weighted by Crippen LogP contribution is 2.25. The lowest BCUT2D eigenvalue weighted by Crippen LogP contribution is -2.44. The molecule has 1 heterocycles. The van der Waals surface area contributed by atoms with Crippen molar-refractivity contribution >= 4 is 0 Å². The van der Waals surface area contributed by atoms with Gasteiger partial charge in [0.15, 0.2) is 0 Å². The Labute approximate surface area is 79.4 Å². The van der Waals surface area contributed by atoms with Gasteiger partial charge in [0.05, 0.1) is 12.2 Å². The lowest BCUT2D eigenvalue weighted by atomic mass is 9.91. The quantitative estimate of drug-likeness (QED) is 0.620. The van der Waals surface area contributed by atoms with Gasteiger partial charge in [-0.15, -0.1) is 0 Å². The molecule has 2 N–H and O–H groups in total. The number of aliphatic hydroxyl groups excluding tert-OH is 2. The predicted molar refractivity (Wildman–Crippen MR) is 50.5 cm³/mol. The van der Waals surface area contributed by atoms with Crippen molar-refractivity contribution in [3.8, 4) is 0 Å². The van der Waals surface area contributed by atoms with E-state index in [1.165, 1.54) is 6.42 Å². The van der Waals surface area contributed by atoms with Crippen LogP contribution in [0.1, 0.15) is 32.1 Å². The van der Waals surface area contributed by atoms with Crippen LogP contribution in [0, 0.1) is 0 Å². The SMILES string of the molecule is OC1CCN([C@@H]2CCCC[C@H]2O)C1. The lowest BCUT2D eigenvalue weighted by Gasteiger charge is -2.34. The first-order valence-electron chi connectivity index (χ1n) is 5.37. The van der Waals surface area contributed by atoms with E-state index in [4.69, 9.17) is 0 Å². The van der Waals surface area contributed by atoms with E-state index in [0.717, 1.165) is 38.8 Å². The highest BCUT2D eigenvalue weighted by molar-refractivity contribution is 4.87. The molecule has 0 amide bonds. The Bertz CT molecular complexity index is 174. The first-order chi connectivity index (χ1) is 6.27. The largest absolute Gasteiger partial charge is 0.392 e. The smallest absolute Gasteiger partial charge is 0.0695 e. The van der Waals surface area contributed by atoms with Gasteiger partial charge in [-0.05, 0) is 19.3 Å². The van der Waals surface area contributed by atoms with Crippen molar-refractivity contribution in [2.45, 2.75) is 50.4 Å². The minimum Gasteiger partial charge on any atom is -0.392 e. The molecule has 0 radical (unpaired) electrons. The monoisotopic (exact) mass is 185 g/mol. The fourth-order valence-electron chi connectivity index (χ4n) is 2.59. The molecule has 1 saturated carbocycles. The van der Waals surface area contributed by atoms with Crippen molar-refractivity contribution in [1.29, 1.82) is 0 Å². The Morgan fingerprint density at radius 2 is 1.77 bits per heavy atom. The highest BCUT2D eigenvalue weighted by Gasteiger charge is 2.32. The second kappa shape index (κ2) is 3.95. The summed E-state index contributed by atoms with van der Waals surface area (Å²) in [5.41, 5.74) is 0. The van der Waals surface area contributed by atoms with E-state index in [1.807, 2.05) is 0 Å². The van der Waals surface area contributed by atoms with Gasteiger partial charge in [0.2, 0.25) is 0 Å². The van der Waals surface area contributed by atoms with Crippen molar-refractivity contribution in [2.75, 3.05) is 13.1 Å². The first kappa shape index (κ1) is 9.44. The second-order valence-corrected chi connectivity index (χ2v) is 4.36. The summed E-state index contributed by atoms with van der Waals surface area (Å²) in [7, 11) is 0. The fourth-order valence-corrected chi connectivity index (χ4v) is 2.59. The Kier molecular flexibility index (Phi) is 2.86. The predicted octanol–water partition coefficient (Wildman–Crippen LogP) is 0.357. The molecule has 0 bridgehead atoms. The Hall–Kier alpha value is -0.120. The molecule has 0 spiro atoms. The zero-order valence-corrected chi connectivity index (χ0v) is 8.02. The van der Waals surface area contributed by atoms with Crippen LogP contribution >= 0.6 is 0 Å². The fraction of sp³-hybridized carbons (Fsp3) is 1.00. The Morgan fingerprint density at radius 1 is 1.00 bits per heavy atom. The van der Waals surface area contributed by atoms with Gasteiger partial charge in [0, 0.05) is 19.1 Å². The summed E-state index contributed by atoms with van der Waals surface area (Å²) in [6, 6.07) is 0.325. The van der Waals surface area contributed by atoms with Gasteiger partial charge in [0.25, 0.3) is 0 Å².